The summed E-state index contributed by atoms with van der Waals surface area (Å²) in [6, 6.07) is 8.23. The fourth-order valence-corrected chi connectivity index (χ4v) is 4.79. The molecule has 8 nitrogen and oxygen atoms in total. The van der Waals surface area contributed by atoms with Gasteiger partial charge in [-0.2, -0.15) is 4.31 Å². The Hall–Kier alpha value is -1.97. The standard InChI is InChI=1S/C17H22N2O6S/c20-16(14-7-8-15(25-14)17(21)22)18-9-4-10-19(12-11-18)26(23,24)13-5-2-1-3-6-13/h1-3,5-6,14-15H,4,7-12H2,(H,21,22)/t14-,15+/m0/s1. The molecule has 142 valence electrons. The van der Waals surface area contributed by atoms with Gasteiger partial charge in [-0.1, -0.05) is 18.2 Å². The lowest BCUT2D eigenvalue weighted by Crippen LogP contribution is -2.42. The number of nitrogens with zero attached hydrogens (tertiary/aromatic N) is 2. The third kappa shape index (κ3) is 3.89. The Balaban J connectivity index is 1.63. The number of benzene rings is 1. The Morgan fingerprint density at radius 2 is 1.69 bits per heavy atom. The van der Waals surface area contributed by atoms with E-state index in [1.165, 1.54) is 4.31 Å². The van der Waals surface area contributed by atoms with E-state index in [1.54, 1.807) is 35.2 Å². The van der Waals surface area contributed by atoms with Crippen LogP contribution in [0.2, 0.25) is 0 Å². The molecule has 1 N–H and O–H groups in total. The van der Waals surface area contributed by atoms with Crippen LogP contribution in [0.25, 0.3) is 0 Å². The number of carboxylic acids is 1. The highest BCUT2D eigenvalue weighted by Gasteiger charge is 2.37. The van der Waals surface area contributed by atoms with Gasteiger partial charge >= 0.3 is 5.97 Å². The number of ether oxygens (including phenoxy) is 1. The van der Waals surface area contributed by atoms with Crippen LogP contribution in [0, 0.1) is 0 Å². The molecule has 2 fully saturated rings. The summed E-state index contributed by atoms with van der Waals surface area (Å²) in [4.78, 5) is 25.4. The summed E-state index contributed by atoms with van der Waals surface area (Å²) in [5.41, 5.74) is 0. The van der Waals surface area contributed by atoms with E-state index >= 15 is 0 Å². The average Bonchev–Trinajstić information content (AvgIpc) is 3.00. The maximum atomic E-state index is 12.7. The summed E-state index contributed by atoms with van der Waals surface area (Å²) in [5.74, 6) is -1.32. The van der Waals surface area contributed by atoms with Gasteiger partial charge < -0.3 is 14.7 Å². The van der Waals surface area contributed by atoms with E-state index in [1.807, 2.05) is 0 Å². The number of rotatable bonds is 4. The van der Waals surface area contributed by atoms with E-state index in [9.17, 15) is 18.0 Å². The average molecular weight is 382 g/mol. The Morgan fingerprint density at radius 1 is 1.00 bits per heavy atom. The van der Waals surface area contributed by atoms with Crippen LogP contribution >= 0.6 is 0 Å². The normalized spacial score (nSPS) is 25.0. The van der Waals surface area contributed by atoms with Gasteiger partial charge in [0.05, 0.1) is 4.90 Å². The van der Waals surface area contributed by atoms with E-state index in [0.717, 1.165) is 0 Å². The zero-order valence-electron chi connectivity index (χ0n) is 14.3. The Kier molecular flexibility index (Phi) is 5.59. The highest BCUT2D eigenvalue weighted by atomic mass is 32.2. The van der Waals surface area contributed by atoms with Crippen molar-refractivity contribution in [1.82, 2.24) is 9.21 Å². The van der Waals surface area contributed by atoms with E-state index in [0.29, 0.717) is 32.4 Å². The van der Waals surface area contributed by atoms with Crippen LogP contribution in [0.5, 0.6) is 0 Å². The van der Waals surface area contributed by atoms with Crippen molar-refractivity contribution < 1.29 is 27.9 Å². The van der Waals surface area contributed by atoms with Gasteiger partial charge in [0, 0.05) is 26.2 Å². The molecule has 1 aromatic rings. The number of amides is 1. The molecule has 0 aliphatic carbocycles. The molecule has 0 aromatic heterocycles. The predicted molar refractivity (Wildman–Crippen MR) is 91.9 cm³/mol. The molecule has 2 aliphatic rings. The van der Waals surface area contributed by atoms with E-state index in [-0.39, 0.29) is 23.9 Å². The molecule has 2 heterocycles. The first-order chi connectivity index (χ1) is 12.4. The van der Waals surface area contributed by atoms with Gasteiger partial charge in [0.25, 0.3) is 5.91 Å². The first-order valence-electron chi connectivity index (χ1n) is 8.62. The lowest BCUT2D eigenvalue weighted by Gasteiger charge is -2.24. The zero-order valence-corrected chi connectivity index (χ0v) is 15.1. The largest absolute Gasteiger partial charge is 0.479 e. The maximum Gasteiger partial charge on any atom is 0.332 e. The van der Waals surface area contributed by atoms with Gasteiger partial charge in [0.15, 0.2) is 6.10 Å². The van der Waals surface area contributed by atoms with Gasteiger partial charge in [0.2, 0.25) is 10.0 Å². The van der Waals surface area contributed by atoms with Gasteiger partial charge in [-0.15, -0.1) is 0 Å². The first-order valence-corrected chi connectivity index (χ1v) is 10.1. The van der Waals surface area contributed by atoms with Crippen LogP contribution < -0.4 is 0 Å². The monoisotopic (exact) mass is 382 g/mol. The van der Waals surface area contributed by atoms with E-state index in [4.69, 9.17) is 9.84 Å². The molecule has 9 heteroatoms. The van der Waals surface area contributed by atoms with Crippen LogP contribution in [0.15, 0.2) is 35.2 Å². The molecule has 0 unspecified atom stereocenters. The lowest BCUT2D eigenvalue weighted by molar-refractivity contribution is -0.154. The third-order valence-electron chi connectivity index (χ3n) is 4.72. The summed E-state index contributed by atoms with van der Waals surface area (Å²) < 4.78 is 32.2. The molecule has 1 aromatic carbocycles. The number of hydrogen-bond acceptors (Lipinski definition) is 5. The minimum absolute atomic E-state index is 0.206. The third-order valence-corrected chi connectivity index (χ3v) is 6.63. The van der Waals surface area contributed by atoms with Crippen molar-refractivity contribution in [2.45, 2.75) is 36.4 Å². The topological polar surface area (TPSA) is 104 Å². The van der Waals surface area contributed by atoms with Crippen LogP contribution in [0.1, 0.15) is 19.3 Å². The second-order valence-corrected chi connectivity index (χ2v) is 8.36. The Bertz CT molecular complexity index is 767. The minimum Gasteiger partial charge on any atom is -0.479 e. The lowest BCUT2D eigenvalue weighted by atomic mass is 10.2. The molecule has 1 amide bonds. The molecule has 2 aliphatic heterocycles. The highest BCUT2D eigenvalue weighted by Crippen LogP contribution is 2.23. The van der Waals surface area contributed by atoms with Crippen molar-refractivity contribution in [1.29, 1.82) is 0 Å². The van der Waals surface area contributed by atoms with Crippen molar-refractivity contribution in [2.75, 3.05) is 26.2 Å². The fraction of sp³-hybridized carbons (Fsp3) is 0.529. The van der Waals surface area contributed by atoms with Gasteiger partial charge in [-0.05, 0) is 31.4 Å². The van der Waals surface area contributed by atoms with Crippen LogP contribution in [-0.2, 0) is 24.3 Å². The van der Waals surface area contributed by atoms with Gasteiger partial charge in [-0.25, -0.2) is 13.2 Å². The molecule has 2 atom stereocenters. The summed E-state index contributed by atoms with van der Waals surface area (Å²) in [6.07, 6.45) is -0.487. The minimum atomic E-state index is -3.59. The van der Waals surface area contributed by atoms with Crippen molar-refractivity contribution in [3.63, 3.8) is 0 Å². The molecule has 0 radical (unpaired) electrons. The van der Waals surface area contributed by atoms with Crippen LogP contribution in [0.4, 0.5) is 0 Å². The van der Waals surface area contributed by atoms with Crippen molar-refractivity contribution in [2.24, 2.45) is 0 Å². The van der Waals surface area contributed by atoms with Crippen LogP contribution in [0.3, 0.4) is 0 Å². The molecule has 26 heavy (non-hydrogen) atoms. The predicted octanol–water partition coefficient (Wildman–Crippen LogP) is 0.542. The van der Waals surface area contributed by atoms with Gasteiger partial charge in [-0.3, -0.25) is 4.79 Å². The second kappa shape index (κ2) is 7.73. The number of aliphatic carboxylic acids is 1. The summed E-state index contributed by atoms with van der Waals surface area (Å²) in [7, 11) is -3.59. The number of carbonyl (C=O) groups is 2. The fourth-order valence-electron chi connectivity index (χ4n) is 3.30. The summed E-state index contributed by atoms with van der Waals surface area (Å²) >= 11 is 0. The molecule has 0 bridgehead atoms. The molecule has 0 spiro atoms. The van der Waals surface area contributed by atoms with Gasteiger partial charge in [0.1, 0.15) is 6.10 Å². The highest BCUT2D eigenvalue weighted by molar-refractivity contribution is 7.89. The molecular weight excluding hydrogens is 360 g/mol. The molecule has 3 rings (SSSR count). The first kappa shape index (κ1) is 18.8. The Labute approximate surface area is 152 Å². The van der Waals surface area contributed by atoms with Crippen molar-refractivity contribution in [3.8, 4) is 0 Å². The van der Waals surface area contributed by atoms with E-state index in [2.05, 4.69) is 0 Å². The number of carbonyl (C=O) groups excluding carboxylic acids is 1. The number of hydrogen-bond donors (Lipinski definition) is 1. The molecule has 2 saturated heterocycles. The maximum absolute atomic E-state index is 12.7. The van der Waals surface area contributed by atoms with Crippen molar-refractivity contribution in [3.05, 3.63) is 30.3 Å². The quantitative estimate of drug-likeness (QED) is 0.815. The Morgan fingerprint density at radius 3 is 2.35 bits per heavy atom. The van der Waals surface area contributed by atoms with Crippen LogP contribution in [-0.4, -0.2) is 73.0 Å². The SMILES string of the molecule is O=C(O)[C@H]1CC[C@@H](C(=O)N2CCCN(S(=O)(=O)c3ccccc3)CC2)O1. The van der Waals surface area contributed by atoms with E-state index < -0.39 is 28.2 Å². The summed E-state index contributed by atoms with van der Waals surface area (Å²) in [6.45, 7) is 1.24. The zero-order chi connectivity index (χ0) is 18.7. The van der Waals surface area contributed by atoms with Crippen molar-refractivity contribution >= 4 is 21.9 Å². The number of carboxylic acid groups (broad SMARTS) is 1. The number of sulfonamides is 1. The molecular formula is C17H22N2O6S. The smallest absolute Gasteiger partial charge is 0.332 e. The molecule has 0 saturated carbocycles. The second-order valence-electron chi connectivity index (χ2n) is 6.42. The summed E-state index contributed by atoms with van der Waals surface area (Å²) in [5, 5.41) is 8.98.